The molecule has 6 nitrogen and oxygen atoms in total. The zero-order chi connectivity index (χ0) is 11.1. The number of H-pyrrole nitrogens is 1. The Morgan fingerprint density at radius 1 is 1.31 bits per heavy atom. The number of aromatic nitrogens is 6. The first-order valence-electron chi connectivity index (χ1n) is 4.62. The highest BCUT2D eigenvalue weighted by atomic mass is 35.5. The van der Waals surface area contributed by atoms with Crippen molar-refractivity contribution in [2.45, 2.75) is 6.92 Å². The van der Waals surface area contributed by atoms with Gasteiger partial charge in [0.1, 0.15) is 0 Å². The van der Waals surface area contributed by atoms with Gasteiger partial charge in [0.2, 0.25) is 5.28 Å². The summed E-state index contributed by atoms with van der Waals surface area (Å²) in [6.07, 6.45) is 5.27. The molecule has 3 rings (SSSR count). The van der Waals surface area contributed by atoms with Gasteiger partial charge in [-0.05, 0) is 24.1 Å². The average Bonchev–Trinajstić information content (AvgIpc) is 2.84. The number of fused-ring (bicyclic) bond motifs is 1. The molecule has 1 N–H and O–H groups in total. The van der Waals surface area contributed by atoms with Crippen LogP contribution in [0.15, 0.2) is 18.6 Å². The van der Waals surface area contributed by atoms with Gasteiger partial charge < -0.3 is 0 Å². The molecule has 0 aliphatic carbocycles. The van der Waals surface area contributed by atoms with E-state index in [0.717, 1.165) is 10.9 Å². The zero-order valence-electron chi connectivity index (χ0n) is 8.35. The molecule has 16 heavy (non-hydrogen) atoms. The van der Waals surface area contributed by atoms with Gasteiger partial charge in [-0.3, -0.25) is 5.10 Å². The molecule has 0 aliphatic rings. The van der Waals surface area contributed by atoms with Gasteiger partial charge in [-0.15, -0.1) is 0 Å². The average molecular weight is 235 g/mol. The molecule has 80 valence electrons. The molecule has 0 aliphatic heterocycles. The second kappa shape index (κ2) is 3.28. The highest BCUT2D eigenvalue weighted by Gasteiger charge is 2.10. The minimum atomic E-state index is 0.167. The molecule has 0 spiro atoms. The summed E-state index contributed by atoms with van der Waals surface area (Å²) in [5.41, 5.74) is 1.65. The van der Waals surface area contributed by atoms with Crippen molar-refractivity contribution in [3.8, 4) is 5.82 Å². The van der Waals surface area contributed by atoms with Crippen molar-refractivity contribution < 1.29 is 0 Å². The molecule has 3 aromatic rings. The Balaban J connectivity index is 2.33. The van der Waals surface area contributed by atoms with Crippen molar-refractivity contribution in [2.75, 3.05) is 0 Å². The van der Waals surface area contributed by atoms with Crippen LogP contribution in [0.25, 0.3) is 16.9 Å². The van der Waals surface area contributed by atoms with Crippen LogP contribution in [-0.2, 0) is 0 Å². The second-order valence-electron chi connectivity index (χ2n) is 3.41. The van der Waals surface area contributed by atoms with E-state index in [4.69, 9.17) is 11.6 Å². The van der Waals surface area contributed by atoms with Crippen LogP contribution in [0.1, 0.15) is 5.56 Å². The molecule has 0 bridgehead atoms. The van der Waals surface area contributed by atoms with E-state index >= 15 is 0 Å². The number of aryl methyl sites for hydroxylation is 1. The summed E-state index contributed by atoms with van der Waals surface area (Å²) in [5.74, 6) is 0.622. The van der Waals surface area contributed by atoms with Gasteiger partial charge in [0.15, 0.2) is 11.5 Å². The largest absolute Gasteiger partial charge is 0.261 e. The van der Waals surface area contributed by atoms with Crippen molar-refractivity contribution in [1.29, 1.82) is 0 Å². The molecule has 7 heteroatoms. The fourth-order valence-electron chi connectivity index (χ4n) is 1.50. The van der Waals surface area contributed by atoms with Crippen LogP contribution >= 0.6 is 11.6 Å². The number of halogens is 1. The summed E-state index contributed by atoms with van der Waals surface area (Å²) in [4.78, 5) is 8.18. The van der Waals surface area contributed by atoms with Gasteiger partial charge in [-0.2, -0.15) is 20.2 Å². The summed E-state index contributed by atoms with van der Waals surface area (Å²) >= 11 is 5.83. The zero-order valence-corrected chi connectivity index (χ0v) is 9.10. The van der Waals surface area contributed by atoms with Crippen LogP contribution in [0.4, 0.5) is 0 Å². The normalized spacial score (nSPS) is 11.1. The van der Waals surface area contributed by atoms with Gasteiger partial charge in [0, 0.05) is 6.20 Å². The maximum atomic E-state index is 5.83. The number of rotatable bonds is 1. The highest BCUT2D eigenvalue weighted by Crippen LogP contribution is 2.18. The van der Waals surface area contributed by atoms with Gasteiger partial charge >= 0.3 is 0 Å². The Bertz CT molecular complexity index is 655. The van der Waals surface area contributed by atoms with E-state index in [1.807, 2.05) is 13.1 Å². The lowest BCUT2D eigenvalue weighted by atomic mass is 10.4. The predicted octanol–water partition coefficient (Wildman–Crippen LogP) is 1.50. The van der Waals surface area contributed by atoms with Crippen LogP contribution in [0.5, 0.6) is 0 Å². The van der Waals surface area contributed by atoms with Gasteiger partial charge in [-0.1, -0.05) is 0 Å². The third kappa shape index (κ3) is 1.35. The molecular formula is C9H7ClN6. The Labute approximate surface area is 95.3 Å². The van der Waals surface area contributed by atoms with Crippen LogP contribution in [0.2, 0.25) is 5.28 Å². The first-order chi connectivity index (χ1) is 7.74. The van der Waals surface area contributed by atoms with Crippen LogP contribution < -0.4 is 0 Å². The van der Waals surface area contributed by atoms with Crippen LogP contribution in [0, 0.1) is 6.92 Å². The molecule has 3 heterocycles. The fourth-order valence-corrected chi connectivity index (χ4v) is 1.66. The van der Waals surface area contributed by atoms with Crippen LogP contribution in [-0.4, -0.2) is 29.9 Å². The van der Waals surface area contributed by atoms with Crippen molar-refractivity contribution in [2.24, 2.45) is 0 Å². The summed E-state index contributed by atoms with van der Waals surface area (Å²) in [7, 11) is 0. The Morgan fingerprint density at radius 2 is 2.19 bits per heavy atom. The van der Waals surface area contributed by atoms with Gasteiger partial charge in [0.05, 0.1) is 17.8 Å². The molecule has 0 saturated heterocycles. The number of aromatic amines is 1. The van der Waals surface area contributed by atoms with Gasteiger partial charge in [0.25, 0.3) is 0 Å². The highest BCUT2D eigenvalue weighted by molar-refractivity contribution is 6.28. The van der Waals surface area contributed by atoms with E-state index in [0.29, 0.717) is 11.5 Å². The SMILES string of the molecule is Cc1cnn(-c2nc(Cl)nc3[nH]ncc23)c1. The topological polar surface area (TPSA) is 72.3 Å². The lowest BCUT2D eigenvalue weighted by molar-refractivity contribution is 0.851. The number of nitrogens with one attached hydrogen (secondary N) is 1. The second-order valence-corrected chi connectivity index (χ2v) is 3.75. The lowest BCUT2D eigenvalue weighted by Gasteiger charge is -2.01. The monoisotopic (exact) mass is 234 g/mol. The molecule has 0 aromatic carbocycles. The Morgan fingerprint density at radius 3 is 2.94 bits per heavy atom. The first kappa shape index (κ1) is 9.29. The number of hydrogen-bond acceptors (Lipinski definition) is 4. The molecular weight excluding hydrogens is 228 g/mol. The molecule has 0 unspecified atom stereocenters. The van der Waals surface area contributed by atoms with E-state index in [2.05, 4.69) is 25.3 Å². The maximum absolute atomic E-state index is 5.83. The molecule has 0 saturated carbocycles. The molecule has 0 fully saturated rings. The smallest absolute Gasteiger partial charge is 0.226 e. The Hall–Kier alpha value is -1.95. The van der Waals surface area contributed by atoms with E-state index in [1.54, 1.807) is 17.1 Å². The predicted molar refractivity (Wildman–Crippen MR) is 58.6 cm³/mol. The standard InChI is InChI=1S/C9H7ClN6/c1-5-2-12-16(4-5)8-6-3-11-15-7(6)13-9(10)14-8/h2-4H,1H3,(H,11,13,14,15). The molecule has 0 amide bonds. The summed E-state index contributed by atoms with van der Waals surface area (Å²) in [6, 6.07) is 0. The van der Waals surface area contributed by atoms with Crippen LogP contribution in [0.3, 0.4) is 0 Å². The lowest BCUT2D eigenvalue weighted by Crippen LogP contribution is -2.00. The van der Waals surface area contributed by atoms with Crippen molar-refractivity contribution in [3.63, 3.8) is 0 Å². The third-order valence-corrected chi connectivity index (χ3v) is 2.36. The summed E-state index contributed by atoms with van der Waals surface area (Å²) < 4.78 is 1.65. The van der Waals surface area contributed by atoms with Crippen molar-refractivity contribution >= 4 is 22.6 Å². The number of nitrogens with zero attached hydrogens (tertiary/aromatic N) is 5. The molecule has 3 aromatic heterocycles. The first-order valence-corrected chi connectivity index (χ1v) is 5.00. The quantitative estimate of drug-likeness (QED) is 0.648. The van der Waals surface area contributed by atoms with Crippen molar-refractivity contribution in [3.05, 3.63) is 29.4 Å². The van der Waals surface area contributed by atoms with E-state index in [9.17, 15) is 0 Å². The number of hydrogen-bond donors (Lipinski definition) is 1. The fraction of sp³-hybridized carbons (Fsp3) is 0.111. The van der Waals surface area contributed by atoms with E-state index < -0.39 is 0 Å². The van der Waals surface area contributed by atoms with E-state index in [-0.39, 0.29) is 5.28 Å². The van der Waals surface area contributed by atoms with Crippen molar-refractivity contribution in [1.82, 2.24) is 29.9 Å². The minimum Gasteiger partial charge on any atom is -0.261 e. The van der Waals surface area contributed by atoms with Gasteiger partial charge in [-0.25, -0.2) is 4.68 Å². The maximum Gasteiger partial charge on any atom is 0.226 e. The summed E-state index contributed by atoms with van der Waals surface area (Å²) in [6.45, 7) is 1.96. The molecule has 0 radical (unpaired) electrons. The summed E-state index contributed by atoms with van der Waals surface area (Å²) in [5, 5.41) is 11.8. The minimum absolute atomic E-state index is 0.167. The Kier molecular flexibility index (Phi) is 1.90. The van der Waals surface area contributed by atoms with E-state index in [1.165, 1.54) is 0 Å². The molecule has 0 atom stereocenters. The third-order valence-electron chi connectivity index (χ3n) is 2.19.